The maximum Gasteiger partial charge on any atom is 0.255 e. The molecule has 5 nitrogen and oxygen atoms in total. The van der Waals surface area contributed by atoms with E-state index in [1.165, 1.54) is 0 Å². The van der Waals surface area contributed by atoms with E-state index in [1.54, 1.807) is 25.2 Å². The first kappa shape index (κ1) is 12.2. The number of amides is 1. The molecule has 94 valence electrons. The summed E-state index contributed by atoms with van der Waals surface area (Å²) in [4.78, 5) is 13.6. The molecule has 2 rings (SSSR count). The van der Waals surface area contributed by atoms with E-state index in [2.05, 4.69) is 15.5 Å². The molecule has 2 N–H and O–H groups in total. The van der Waals surface area contributed by atoms with E-state index in [9.17, 15) is 4.79 Å². The van der Waals surface area contributed by atoms with Gasteiger partial charge >= 0.3 is 0 Å². The van der Waals surface area contributed by atoms with Crippen LogP contribution in [0.25, 0.3) is 0 Å². The lowest BCUT2D eigenvalue weighted by molar-refractivity contribution is 0.0828. The number of hydrogen-bond donors (Lipinski definition) is 2. The van der Waals surface area contributed by atoms with Crippen molar-refractivity contribution < 1.29 is 4.79 Å². The van der Waals surface area contributed by atoms with Crippen molar-refractivity contribution >= 4 is 11.6 Å². The molecular formula is C13H16N4O. The molecule has 0 radical (unpaired) electrons. The van der Waals surface area contributed by atoms with Gasteiger partial charge in [-0.3, -0.25) is 9.89 Å². The van der Waals surface area contributed by atoms with Crippen LogP contribution in [0, 0.1) is 0 Å². The Labute approximate surface area is 106 Å². The Morgan fingerprint density at radius 3 is 2.78 bits per heavy atom. The minimum Gasteiger partial charge on any atom is -0.379 e. The topological polar surface area (TPSA) is 61.0 Å². The van der Waals surface area contributed by atoms with E-state index in [0.29, 0.717) is 12.1 Å². The van der Waals surface area contributed by atoms with Gasteiger partial charge in [-0.1, -0.05) is 12.1 Å². The summed E-state index contributed by atoms with van der Waals surface area (Å²) in [6.07, 6.45) is 1.70. The van der Waals surface area contributed by atoms with Crippen molar-refractivity contribution in [1.29, 1.82) is 0 Å². The standard InChI is InChI=1S/C13H16N4O/c1-17(2)13(18)11-5-3-4-6-12(11)14-9-10-7-8-15-16-10/h3-8,14H,9H2,1-2H3,(H,15,16). The average molecular weight is 244 g/mol. The molecule has 18 heavy (non-hydrogen) atoms. The first-order valence-electron chi connectivity index (χ1n) is 5.71. The van der Waals surface area contributed by atoms with Crippen molar-refractivity contribution in [2.24, 2.45) is 0 Å². The second-order valence-corrected chi connectivity index (χ2v) is 4.18. The van der Waals surface area contributed by atoms with Crippen LogP contribution >= 0.6 is 0 Å². The number of aromatic amines is 1. The molecule has 1 heterocycles. The number of para-hydroxylation sites is 1. The van der Waals surface area contributed by atoms with Gasteiger partial charge in [0.15, 0.2) is 0 Å². The number of aromatic nitrogens is 2. The third-order valence-corrected chi connectivity index (χ3v) is 2.59. The van der Waals surface area contributed by atoms with Gasteiger partial charge in [-0.25, -0.2) is 0 Å². The highest BCUT2D eigenvalue weighted by Gasteiger charge is 2.12. The highest BCUT2D eigenvalue weighted by molar-refractivity contribution is 5.99. The van der Waals surface area contributed by atoms with Crippen molar-refractivity contribution in [2.75, 3.05) is 19.4 Å². The summed E-state index contributed by atoms with van der Waals surface area (Å²) in [7, 11) is 3.49. The molecule has 0 saturated heterocycles. The van der Waals surface area contributed by atoms with Crippen LogP contribution in [-0.4, -0.2) is 35.1 Å². The van der Waals surface area contributed by atoms with Gasteiger partial charge in [-0.15, -0.1) is 0 Å². The van der Waals surface area contributed by atoms with Gasteiger partial charge in [-0.05, 0) is 18.2 Å². The number of benzene rings is 1. The number of carbonyl (C=O) groups is 1. The number of nitrogens with one attached hydrogen (secondary N) is 2. The zero-order valence-electron chi connectivity index (χ0n) is 10.5. The largest absolute Gasteiger partial charge is 0.379 e. The molecule has 0 spiro atoms. The molecule has 1 aromatic carbocycles. The average Bonchev–Trinajstić information content (AvgIpc) is 2.89. The van der Waals surface area contributed by atoms with Gasteiger partial charge < -0.3 is 10.2 Å². The predicted octanol–water partition coefficient (Wildman–Crippen LogP) is 1.72. The summed E-state index contributed by atoms with van der Waals surface area (Å²) in [6.45, 7) is 0.609. The van der Waals surface area contributed by atoms with Gasteiger partial charge in [0, 0.05) is 26.0 Å². The maximum absolute atomic E-state index is 12.0. The van der Waals surface area contributed by atoms with Crippen LogP contribution in [0.5, 0.6) is 0 Å². The third kappa shape index (κ3) is 2.68. The Morgan fingerprint density at radius 2 is 2.11 bits per heavy atom. The van der Waals surface area contributed by atoms with E-state index < -0.39 is 0 Å². The van der Waals surface area contributed by atoms with Crippen LogP contribution in [0.4, 0.5) is 5.69 Å². The molecule has 2 aromatic rings. The third-order valence-electron chi connectivity index (χ3n) is 2.59. The summed E-state index contributed by atoms with van der Waals surface area (Å²) in [5.74, 6) is -0.0114. The number of rotatable bonds is 4. The Bertz CT molecular complexity index is 520. The van der Waals surface area contributed by atoms with E-state index >= 15 is 0 Å². The second-order valence-electron chi connectivity index (χ2n) is 4.18. The number of H-pyrrole nitrogens is 1. The lowest BCUT2D eigenvalue weighted by Crippen LogP contribution is -2.22. The predicted molar refractivity (Wildman–Crippen MR) is 70.4 cm³/mol. The van der Waals surface area contributed by atoms with Gasteiger partial charge in [0.1, 0.15) is 0 Å². The minimum atomic E-state index is -0.0114. The molecule has 0 bridgehead atoms. The molecule has 0 fully saturated rings. The van der Waals surface area contributed by atoms with Gasteiger partial charge in [-0.2, -0.15) is 5.10 Å². The van der Waals surface area contributed by atoms with Crippen molar-refractivity contribution in [3.63, 3.8) is 0 Å². The maximum atomic E-state index is 12.0. The normalized spacial score (nSPS) is 10.1. The van der Waals surface area contributed by atoms with Crippen LogP contribution < -0.4 is 5.32 Å². The zero-order chi connectivity index (χ0) is 13.0. The van der Waals surface area contributed by atoms with Gasteiger partial charge in [0.2, 0.25) is 0 Å². The highest BCUT2D eigenvalue weighted by Crippen LogP contribution is 2.17. The minimum absolute atomic E-state index is 0.0114. The highest BCUT2D eigenvalue weighted by atomic mass is 16.2. The van der Waals surface area contributed by atoms with E-state index in [1.807, 2.05) is 30.3 Å². The quantitative estimate of drug-likeness (QED) is 0.861. The fourth-order valence-corrected chi connectivity index (χ4v) is 1.64. The molecule has 0 aliphatic heterocycles. The van der Waals surface area contributed by atoms with Crippen molar-refractivity contribution in [2.45, 2.75) is 6.54 Å². The molecule has 0 aliphatic carbocycles. The Kier molecular flexibility index (Phi) is 3.62. The summed E-state index contributed by atoms with van der Waals surface area (Å²) < 4.78 is 0. The number of hydrogen-bond acceptors (Lipinski definition) is 3. The molecule has 0 saturated carbocycles. The van der Waals surface area contributed by atoms with E-state index in [0.717, 1.165) is 11.4 Å². The van der Waals surface area contributed by atoms with E-state index in [4.69, 9.17) is 0 Å². The zero-order valence-corrected chi connectivity index (χ0v) is 10.5. The van der Waals surface area contributed by atoms with Crippen molar-refractivity contribution in [3.8, 4) is 0 Å². The molecular weight excluding hydrogens is 228 g/mol. The summed E-state index contributed by atoms with van der Waals surface area (Å²) >= 11 is 0. The molecule has 0 aliphatic rings. The van der Waals surface area contributed by atoms with Crippen LogP contribution in [0.15, 0.2) is 36.5 Å². The molecule has 0 atom stereocenters. The smallest absolute Gasteiger partial charge is 0.255 e. The fourth-order valence-electron chi connectivity index (χ4n) is 1.64. The molecule has 5 heteroatoms. The number of carbonyl (C=O) groups excluding carboxylic acids is 1. The van der Waals surface area contributed by atoms with Crippen LogP contribution in [0.1, 0.15) is 16.1 Å². The fraction of sp³-hybridized carbons (Fsp3) is 0.231. The Morgan fingerprint density at radius 1 is 1.33 bits per heavy atom. The monoisotopic (exact) mass is 244 g/mol. The van der Waals surface area contributed by atoms with Crippen LogP contribution in [0.2, 0.25) is 0 Å². The van der Waals surface area contributed by atoms with Crippen LogP contribution in [-0.2, 0) is 6.54 Å². The number of anilines is 1. The van der Waals surface area contributed by atoms with Gasteiger partial charge in [0.05, 0.1) is 17.8 Å². The first-order valence-corrected chi connectivity index (χ1v) is 5.71. The summed E-state index contributed by atoms with van der Waals surface area (Å²) in [6, 6.07) is 9.37. The van der Waals surface area contributed by atoms with Crippen LogP contribution in [0.3, 0.4) is 0 Å². The Balaban J connectivity index is 2.15. The molecule has 1 amide bonds. The number of nitrogens with zero attached hydrogens (tertiary/aromatic N) is 2. The first-order chi connectivity index (χ1) is 8.68. The van der Waals surface area contributed by atoms with Gasteiger partial charge in [0.25, 0.3) is 5.91 Å². The lowest BCUT2D eigenvalue weighted by atomic mass is 10.1. The van der Waals surface area contributed by atoms with Crippen molar-refractivity contribution in [3.05, 3.63) is 47.8 Å². The summed E-state index contributed by atoms with van der Waals surface area (Å²) in [5, 5.41) is 9.98. The molecule has 0 unspecified atom stereocenters. The molecule has 1 aromatic heterocycles. The SMILES string of the molecule is CN(C)C(=O)c1ccccc1NCc1ccn[nH]1. The second kappa shape index (κ2) is 5.35. The Hall–Kier alpha value is -2.30. The lowest BCUT2D eigenvalue weighted by Gasteiger charge is -2.14. The van der Waals surface area contributed by atoms with Crippen molar-refractivity contribution in [1.82, 2.24) is 15.1 Å². The summed E-state index contributed by atoms with van der Waals surface area (Å²) in [5.41, 5.74) is 2.47. The van der Waals surface area contributed by atoms with E-state index in [-0.39, 0.29) is 5.91 Å².